The van der Waals surface area contributed by atoms with E-state index in [4.69, 9.17) is 11.6 Å². The Morgan fingerprint density at radius 2 is 2.38 bits per heavy atom. The van der Waals surface area contributed by atoms with Crippen molar-refractivity contribution >= 4 is 23.4 Å². The molecule has 0 radical (unpaired) electrons. The fraction of sp³-hybridized carbons (Fsp3) is 0.545. The van der Waals surface area contributed by atoms with Gasteiger partial charge in [-0.15, -0.1) is 0 Å². The number of hydrogen-bond donors (Lipinski definition) is 2. The summed E-state index contributed by atoms with van der Waals surface area (Å²) in [5.74, 6) is 0.709. The van der Waals surface area contributed by atoms with Gasteiger partial charge in [0.15, 0.2) is 0 Å². The molecule has 0 bridgehead atoms. The number of nitrogens with one attached hydrogen (secondary N) is 1. The predicted octanol–water partition coefficient (Wildman–Crippen LogP) is 1.94. The first-order chi connectivity index (χ1) is 7.55. The van der Waals surface area contributed by atoms with Gasteiger partial charge in [-0.05, 0) is 19.2 Å². The number of nitrogens with zero attached hydrogens (tertiary/aromatic N) is 1. The van der Waals surface area contributed by atoms with Crippen molar-refractivity contribution in [3.63, 3.8) is 0 Å². The molecule has 90 valence electrons. The Hall–Kier alpha value is -0.290. The third-order valence-electron chi connectivity index (χ3n) is 2.11. The maximum Gasteiger partial charge on any atom is 0.133 e. The van der Waals surface area contributed by atoms with Crippen molar-refractivity contribution in [3.8, 4) is 0 Å². The number of pyridine rings is 1. The lowest BCUT2D eigenvalue weighted by Crippen LogP contribution is -2.39. The molecule has 1 rings (SSSR count). The molecule has 0 amide bonds. The van der Waals surface area contributed by atoms with Crippen molar-refractivity contribution in [1.29, 1.82) is 0 Å². The molecule has 0 fully saturated rings. The van der Waals surface area contributed by atoms with Crippen LogP contribution in [-0.4, -0.2) is 34.2 Å². The standard InChI is InChI=1S/C11H17ClN2OS/c1-11(15,8-16-2)7-13-6-9-4-3-5-14-10(9)12/h3-5,13,15H,6-8H2,1-2H3. The molecule has 1 atom stereocenters. The molecule has 1 aromatic rings. The molecule has 0 aliphatic carbocycles. The Labute approximate surface area is 106 Å². The van der Waals surface area contributed by atoms with Crippen LogP contribution in [0.2, 0.25) is 5.15 Å². The zero-order chi connectivity index (χ0) is 12.0. The lowest BCUT2D eigenvalue weighted by molar-refractivity contribution is 0.0846. The highest BCUT2D eigenvalue weighted by Crippen LogP contribution is 2.12. The number of aromatic nitrogens is 1. The maximum atomic E-state index is 9.93. The van der Waals surface area contributed by atoms with Gasteiger partial charge in [-0.25, -0.2) is 4.98 Å². The van der Waals surface area contributed by atoms with Crippen LogP contribution in [0.3, 0.4) is 0 Å². The third kappa shape index (κ3) is 4.70. The van der Waals surface area contributed by atoms with Crippen molar-refractivity contribution < 1.29 is 5.11 Å². The van der Waals surface area contributed by atoms with Gasteiger partial charge in [0, 0.05) is 30.6 Å². The molecular formula is C11H17ClN2OS. The Bertz CT molecular complexity index is 334. The minimum absolute atomic E-state index is 0.513. The molecule has 5 heteroatoms. The van der Waals surface area contributed by atoms with Gasteiger partial charge in [0.1, 0.15) is 5.15 Å². The Morgan fingerprint density at radius 1 is 1.62 bits per heavy atom. The smallest absolute Gasteiger partial charge is 0.133 e. The van der Waals surface area contributed by atoms with Crippen LogP contribution < -0.4 is 5.32 Å². The van der Waals surface area contributed by atoms with E-state index in [1.165, 1.54) is 0 Å². The first-order valence-corrected chi connectivity index (χ1v) is 6.84. The molecule has 2 N–H and O–H groups in total. The molecule has 0 spiro atoms. The van der Waals surface area contributed by atoms with E-state index in [2.05, 4.69) is 10.3 Å². The molecule has 16 heavy (non-hydrogen) atoms. The molecule has 3 nitrogen and oxygen atoms in total. The van der Waals surface area contributed by atoms with Crippen LogP contribution in [-0.2, 0) is 6.54 Å². The van der Waals surface area contributed by atoms with Gasteiger partial charge in [-0.3, -0.25) is 0 Å². The molecule has 0 saturated carbocycles. The highest BCUT2D eigenvalue weighted by Gasteiger charge is 2.18. The van der Waals surface area contributed by atoms with Gasteiger partial charge in [-0.1, -0.05) is 17.7 Å². The molecule has 0 aliphatic rings. The van der Waals surface area contributed by atoms with Crippen LogP contribution in [0.1, 0.15) is 12.5 Å². The van der Waals surface area contributed by atoms with E-state index < -0.39 is 5.60 Å². The summed E-state index contributed by atoms with van der Waals surface area (Å²) in [5, 5.41) is 13.6. The summed E-state index contributed by atoms with van der Waals surface area (Å²) in [6, 6.07) is 3.77. The number of rotatable bonds is 6. The van der Waals surface area contributed by atoms with E-state index in [9.17, 15) is 5.11 Å². The zero-order valence-corrected chi connectivity index (χ0v) is 11.1. The van der Waals surface area contributed by atoms with Crippen LogP contribution in [0.4, 0.5) is 0 Å². The average Bonchev–Trinajstić information content (AvgIpc) is 2.20. The average molecular weight is 261 g/mol. The van der Waals surface area contributed by atoms with E-state index in [1.807, 2.05) is 25.3 Å². The van der Waals surface area contributed by atoms with E-state index >= 15 is 0 Å². The van der Waals surface area contributed by atoms with Crippen molar-refractivity contribution in [3.05, 3.63) is 29.0 Å². The summed E-state index contributed by atoms with van der Waals surface area (Å²) in [6.45, 7) is 2.98. The van der Waals surface area contributed by atoms with E-state index in [0.29, 0.717) is 24.0 Å². The highest BCUT2D eigenvalue weighted by atomic mass is 35.5. The van der Waals surface area contributed by atoms with Gasteiger partial charge in [0.05, 0.1) is 5.60 Å². The molecule has 0 saturated heterocycles. The highest BCUT2D eigenvalue weighted by molar-refractivity contribution is 7.98. The van der Waals surface area contributed by atoms with E-state index in [0.717, 1.165) is 5.56 Å². The maximum absolute atomic E-state index is 9.93. The van der Waals surface area contributed by atoms with Gasteiger partial charge < -0.3 is 10.4 Å². The lowest BCUT2D eigenvalue weighted by Gasteiger charge is -2.22. The first kappa shape index (κ1) is 13.8. The van der Waals surface area contributed by atoms with Gasteiger partial charge in [0.25, 0.3) is 0 Å². The van der Waals surface area contributed by atoms with E-state index in [-0.39, 0.29) is 0 Å². The summed E-state index contributed by atoms with van der Waals surface area (Å²) in [6.07, 6.45) is 3.64. The second-order valence-corrected chi connectivity index (χ2v) is 5.21. The Balaban J connectivity index is 2.39. The summed E-state index contributed by atoms with van der Waals surface area (Å²) in [7, 11) is 0. The summed E-state index contributed by atoms with van der Waals surface area (Å²) < 4.78 is 0. The largest absolute Gasteiger partial charge is 0.388 e. The SMILES string of the molecule is CSCC(C)(O)CNCc1cccnc1Cl. The fourth-order valence-electron chi connectivity index (χ4n) is 1.38. The quantitative estimate of drug-likeness (QED) is 0.768. The van der Waals surface area contributed by atoms with E-state index in [1.54, 1.807) is 18.0 Å². The van der Waals surface area contributed by atoms with Crippen LogP contribution in [0.25, 0.3) is 0 Å². The second-order valence-electron chi connectivity index (χ2n) is 3.99. The fourth-order valence-corrected chi connectivity index (χ4v) is 2.29. The Kier molecular flexibility index (Phi) is 5.55. The molecule has 1 aromatic heterocycles. The zero-order valence-electron chi connectivity index (χ0n) is 9.53. The molecule has 1 heterocycles. The topological polar surface area (TPSA) is 45.1 Å². The third-order valence-corrected chi connectivity index (χ3v) is 3.36. The minimum atomic E-state index is -0.686. The monoisotopic (exact) mass is 260 g/mol. The van der Waals surface area contributed by atoms with Crippen molar-refractivity contribution in [2.24, 2.45) is 0 Å². The normalized spacial score (nSPS) is 14.8. The van der Waals surface area contributed by atoms with Gasteiger partial charge >= 0.3 is 0 Å². The van der Waals surface area contributed by atoms with Crippen LogP contribution >= 0.6 is 23.4 Å². The Morgan fingerprint density at radius 3 is 3.00 bits per heavy atom. The van der Waals surface area contributed by atoms with Crippen LogP contribution in [0, 0.1) is 0 Å². The molecular weight excluding hydrogens is 244 g/mol. The van der Waals surface area contributed by atoms with Crippen molar-refractivity contribution in [2.45, 2.75) is 19.1 Å². The second kappa shape index (κ2) is 6.45. The summed E-state index contributed by atoms with van der Waals surface area (Å²) in [5.41, 5.74) is 0.262. The number of hydrogen-bond acceptors (Lipinski definition) is 4. The number of halogens is 1. The molecule has 1 unspecified atom stereocenters. The number of aliphatic hydroxyl groups is 1. The summed E-state index contributed by atoms with van der Waals surface area (Å²) in [4.78, 5) is 3.99. The minimum Gasteiger partial charge on any atom is -0.388 e. The molecule has 0 aliphatic heterocycles. The van der Waals surface area contributed by atoms with Crippen molar-refractivity contribution in [1.82, 2.24) is 10.3 Å². The van der Waals surface area contributed by atoms with Gasteiger partial charge in [-0.2, -0.15) is 11.8 Å². The van der Waals surface area contributed by atoms with Crippen molar-refractivity contribution in [2.75, 3.05) is 18.6 Å². The van der Waals surface area contributed by atoms with Crippen LogP contribution in [0.5, 0.6) is 0 Å². The van der Waals surface area contributed by atoms with Crippen LogP contribution in [0.15, 0.2) is 18.3 Å². The predicted molar refractivity (Wildman–Crippen MR) is 70.0 cm³/mol. The van der Waals surface area contributed by atoms with Gasteiger partial charge in [0.2, 0.25) is 0 Å². The molecule has 0 aromatic carbocycles. The summed E-state index contributed by atoms with van der Waals surface area (Å²) >= 11 is 7.55. The number of thioether (sulfide) groups is 1. The first-order valence-electron chi connectivity index (χ1n) is 5.06. The lowest BCUT2D eigenvalue weighted by atomic mass is 10.1.